The van der Waals surface area contributed by atoms with Crippen LogP contribution in [0.25, 0.3) is 5.76 Å². The van der Waals surface area contributed by atoms with Crippen molar-refractivity contribution in [2.24, 2.45) is 0 Å². The Morgan fingerprint density at radius 2 is 1.81 bits per heavy atom. The highest BCUT2D eigenvalue weighted by atomic mass is 16.3. The molecule has 0 bridgehead atoms. The number of likely N-dealkylation sites (tertiary alicyclic amines) is 1. The monoisotopic (exact) mass is 436 g/mol. The Balaban J connectivity index is 1.76. The van der Waals surface area contributed by atoms with Gasteiger partial charge in [0.05, 0.1) is 5.57 Å². The number of carbonyl (C=O) groups excluding carboxylic acids is 2. The van der Waals surface area contributed by atoms with Crippen LogP contribution in [0.2, 0.25) is 0 Å². The highest BCUT2D eigenvalue weighted by Gasteiger charge is 2.47. The molecule has 6 nitrogen and oxygen atoms in total. The minimum Gasteiger partial charge on any atom is -0.507 e. The van der Waals surface area contributed by atoms with Crippen molar-refractivity contribution in [3.05, 3.63) is 64.1 Å². The number of fused-ring (bicyclic) bond motifs is 1. The molecule has 1 aliphatic carbocycles. The zero-order chi connectivity index (χ0) is 22.8. The topological polar surface area (TPSA) is 74.0 Å². The second kappa shape index (κ2) is 9.33. The number of benzene rings is 1. The molecule has 1 aromatic heterocycles. The number of Topliss-reactive ketones (excluding diaryl/α,β-unsaturated/α-hetero) is 1. The molecule has 1 aromatic carbocycles. The molecule has 32 heavy (non-hydrogen) atoms. The first-order valence-corrected chi connectivity index (χ1v) is 11.6. The highest BCUT2D eigenvalue weighted by Crippen LogP contribution is 2.40. The Bertz CT molecular complexity index is 1050. The van der Waals surface area contributed by atoms with E-state index in [1.165, 1.54) is 17.5 Å². The van der Waals surface area contributed by atoms with E-state index in [1.54, 1.807) is 11.0 Å². The summed E-state index contributed by atoms with van der Waals surface area (Å²) in [5, 5.41) is 11.3. The van der Waals surface area contributed by atoms with Crippen molar-refractivity contribution >= 4 is 17.4 Å². The lowest BCUT2D eigenvalue weighted by molar-refractivity contribution is -0.140. The lowest BCUT2D eigenvalue weighted by Crippen LogP contribution is -2.37. The number of amides is 1. The largest absolute Gasteiger partial charge is 0.507 e. The number of hydrogen-bond acceptors (Lipinski definition) is 5. The number of carbonyl (C=O) groups is 2. The molecule has 0 saturated carbocycles. The van der Waals surface area contributed by atoms with Gasteiger partial charge in [0, 0.05) is 18.7 Å². The van der Waals surface area contributed by atoms with E-state index in [9.17, 15) is 14.7 Å². The van der Waals surface area contributed by atoms with E-state index in [0.717, 1.165) is 32.4 Å². The molecule has 2 heterocycles. The maximum Gasteiger partial charge on any atom is 0.295 e. The van der Waals surface area contributed by atoms with E-state index in [0.29, 0.717) is 30.2 Å². The summed E-state index contributed by atoms with van der Waals surface area (Å²) in [5.74, 6) is -0.167. The van der Waals surface area contributed by atoms with Gasteiger partial charge >= 0.3 is 0 Å². The molecule has 1 fully saturated rings. The second-order valence-electron chi connectivity index (χ2n) is 8.66. The van der Waals surface area contributed by atoms with Crippen LogP contribution in [0, 0.1) is 6.92 Å². The van der Waals surface area contributed by atoms with Crippen LogP contribution in [-0.2, 0) is 22.4 Å². The Hall–Kier alpha value is -2.86. The van der Waals surface area contributed by atoms with E-state index < -0.39 is 17.7 Å². The predicted molar refractivity (Wildman–Crippen MR) is 123 cm³/mol. The van der Waals surface area contributed by atoms with E-state index in [4.69, 9.17) is 4.42 Å². The van der Waals surface area contributed by atoms with Crippen molar-refractivity contribution < 1.29 is 19.1 Å². The van der Waals surface area contributed by atoms with Crippen LogP contribution < -0.4 is 0 Å². The smallest absolute Gasteiger partial charge is 0.295 e. The number of hydrogen-bond donors (Lipinski definition) is 1. The molecule has 2 aliphatic rings. The number of likely N-dealkylation sites (N-methyl/N-ethyl adjacent to an activating group) is 1. The molecule has 0 spiro atoms. The van der Waals surface area contributed by atoms with Gasteiger partial charge in [-0.1, -0.05) is 26.0 Å². The van der Waals surface area contributed by atoms with Gasteiger partial charge in [-0.05, 0) is 75.0 Å². The number of furan rings is 1. The van der Waals surface area contributed by atoms with Gasteiger partial charge in [0.2, 0.25) is 0 Å². The normalized spacial score (nSPS) is 20.2. The molecule has 4 rings (SSSR count). The summed E-state index contributed by atoms with van der Waals surface area (Å²) in [6.45, 7) is 8.73. The first-order chi connectivity index (χ1) is 15.4. The third-order valence-corrected chi connectivity index (χ3v) is 6.74. The second-order valence-corrected chi connectivity index (χ2v) is 8.66. The van der Waals surface area contributed by atoms with Gasteiger partial charge in [-0.3, -0.25) is 9.59 Å². The molecular formula is C26H32N2O4. The van der Waals surface area contributed by atoms with Gasteiger partial charge in [-0.2, -0.15) is 0 Å². The van der Waals surface area contributed by atoms with Crippen LogP contribution in [0.3, 0.4) is 0 Å². The van der Waals surface area contributed by atoms with Gasteiger partial charge < -0.3 is 19.3 Å². The standard InChI is InChI=1S/C26H32N2O4/c1-4-27(5-2)14-15-28-23(21-13-10-17(3)32-21)22(25(30)26(28)31)24(29)20-12-11-18-8-6-7-9-19(18)16-20/h10-13,16,23,29H,4-9,14-15H2,1-3H3/b24-22-. The van der Waals surface area contributed by atoms with Crippen molar-refractivity contribution in [2.75, 3.05) is 26.2 Å². The van der Waals surface area contributed by atoms with E-state index >= 15 is 0 Å². The number of aryl methyl sites for hydroxylation is 3. The van der Waals surface area contributed by atoms with Crippen LogP contribution in [0.4, 0.5) is 0 Å². The van der Waals surface area contributed by atoms with Gasteiger partial charge in [-0.15, -0.1) is 0 Å². The van der Waals surface area contributed by atoms with Crippen molar-refractivity contribution in [3.8, 4) is 0 Å². The molecule has 1 atom stereocenters. The van der Waals surface area contributed by atoms with E-state index in [-0.39, 0.29) is 11.3 Å². The van der Waals surface area contributed by atoms with E-state index in [2.05, 4.69) is 18.7 Å². The summed E-state index contributed by atoms with van der Waals surface area (Å²) in [5.41, 5.74) is 3.20. The molecule has 170 valence electrons. The van der Waals surface area contributed by atoms with Crippen LogP contribution in [0.1, 0.15) is 60.9 Å². The number of nitrogens with zero attached hydrogens (tertiary/aromatic N) is 2. The average Bonchev–Trinajstić information content (AvgIpc) is 3.34. The molecular weight excluding hydrogens is 404 g/mol. The van der Waals surface area contributed by atoms with Crippen LogP contribution >= 0.6 is 0 Å². The average molecular weight is 437 g/mol. The molecule has 6 heteroatoms. The molecule has 1 amide bonds. The number of aliphatic hydroxyl groups is 1. The number of aliphatic hydroxyl groups excluding tert-OH is 1. The first-order valence-electron chi connectivity index (χ1n) is 11.6. The molecule has 1 saturated heterocycles. The molecule has 1 aliphatic heterocycles. The Labute approximate surface area is 189 Å². The van der Waals surface area contributed by atoms with E-state index in [1.807, 2.05) is 31.2 Å². The lowest BCUT2D eigenvalue weighted by atomic mass is 9.89. The Morgan fingerprint density at radius 3 is 2.47 bits per heavy atom. The maximum absolute atomic E-state index is 13.1. The minimum absolute atomic E-state index is 0.111. The van der Waals surface area contributed by atoms with Crippen LogP contribution in [0.15, 0.2) is 40.3 Å². The number of rotatable bonds is 7. The molecule has 2 aromatic rings. The fourth-order valence-electron chi connectivity index (χ4n) is 4.83. The zero-order valence-corrected chi connectivity index (χ0v) is 19.2. The lowest BCUT2D eigenvalue weighted by Gasteiger charge is -2.26. The Kier molecular flexibility index (Phi) is 6.51. The molecule has 1 unspecified atom stereocenters. The van der Waals surface area contributed by atoms with Crippen molar-refractivity contribution in [2.45, 2.75) is 52.5 Å². The maximum atomic E-state index is 13.1. The van der Waals surface area contributed by atoms with Crippen molar-refractivity contribution in [3.63, 3.8) is 0 Å². The summed E-state index contributed by atoms with van der Waals surface area (Å²) in [4.78, 5) is 29.9. The summed E-state index contributed by atoms with van der Waals surface area (Å²) < 4.78 is 5.86. The quantitative estimate of drug-likeness (QED) is 0.399. The van der Waals surface area contributed by atoms with Crippen molar-refractivity contribution in [1.82, 2.24) is 9.80 Å². The predicted octanol–water partition coefficient (Wildman–Crippen LogP) is 4.23. The van der Waals surface area contributed by atoms with Gasteiger partial charge in [-0.25, -0.2) is 0 Å². The first kappa shape index (κ1) is 22.3. The summed E-state index contributed by atoms with van der Waals surface area (Å²) in [6.07, 6.45) is 4.31. The van der Waals surface area contributed by atoms with Crippen molar-refractivity contribution in [1.29, 1.82) is 0 Å². The highest BCUT2D eigenvalue weighted by molar-refractivity contribution is 6.46. The summed E-state index contributed by atoms with van der Waals surface area (Å²) in [7, 11) is 0. The fourth-order valence-corrected chi connectivity index (χ4v) is 4.83. The fraction of sp³-hybridized carbons (Fsp3) is 0.462. The Morgan fingerprint density at radius 1 is 1.09 bits per heavy atom. The third kappa shape index (κ3) is 4.11. The molecule has 0 radical (unpaired) electrons. The van der Waals surface area contributed by atoms with Gasteiger partial charge in [0.25, 0.3) is 11.7 Å². The SMILES string of the molecule is CCN(CC)CCN1C(=O)C(=O)/C(=C(\O)c2ccc3c(c2)CCCC3)C1c1ccc(C)o1. The summed E-state index contributed by atoms with van der Waals surface area (Å²) >= 11 is 0. The number of ketones is 1. The van der Waals surface area contributed by atoms with Crippen LogP contribution in [-0.4, -0.2) is 52.8 Å². The third-order valence-electron chi connectivity index (χ3n) is 6.74. The van der Waals surface area contributed by atoms with Gasteiger partial charge in [0.15, 0.2) is 0 Å². The van der Waals surface area contributed by atoms with Crippen LogP contribution in [0.5, 0.6) is 0 Å². The zero-order valence-electron chi connectivity index (χ0n) is 19.2. The summed E-state index contributed by atoms with van der Waals surface area (Å²) in [6, 6.07) is 8.74. The molecule has 1 N–H and O–H groups in total. The van der Waals surface area contributed by atoms with Gasteiger partial charge in [0.1, 0.15) is 23.3 Å². The minimum atomic E-state index is -0.727.